The highest BCUT2D eigenvalue weighted by Gasteiger charge is 2.37. The summed E-state index contributed by atoms with van der Waals surface area (Å²) < 4.78 is 5.06. The normalized spacial score (nSPS) is 31.8. The Labute approximate surface area is 270 Å². The maximum absolute atomic E-state index is 8.63. The van der Waals surface area contributed by atoms with E-state index in [1.54, 1.807) is 7.11 Å². The fourth-order valence-corrected chi connectivity index (χ4v) is 4.17. The largest absolute Gasteiger partial charge is 0.390 e. The van der Waals surface area contributed by atoms with E-state index >= 15 is 0 Å². The average Bonchev–Trinajstić information content (AvgIpc) is 3.72. The lowest BCUT2D eigenvalue weighted by Gasteiger charge is -2.30. The Hall–Kier alpha value is -0.590. The number of rotatable bonds is 1. The van der Waals surface area contributed by atoms with Crippen LogP contribution in [0.4, 0.5) is 0 Å². The fourth-order valence-electron chi connectivity index (χ4n) is 4.17. The van der Waals surface area contributed by atoms with Crippen LogP contribution >= 0.6 is 0 Å². The molecule has 0 aromatic heterocycles. The summed E-state index contributed by atoms with van der Waals surface area (Å²) in [5, 5.41) is 16.8. The first kappa shape index (κ1) is 40.4. The van der Waals surface area contributed by atoms with E-state index in [9.17, 15) is 0 Å². The van der Waals surface area contributed by atoms with Crippen LogP contribution in [-0.4, -0.2) is 23.9 Å². The Morgan fingerprint density at radius 2 is 0.930 bits per heavy atom. The second kappa shape index (κ2) is 19.8. The fraction of sp³-hybridized carbons (Fsp3) is 0.975. The zero-order valence-electron chi connectivity index (χ0n) is 31.1. The second-order valence-electron chi connectivity index (χ2n) is 17.6. The highest BCUT2D eigenvalue weighted by atomic mass is 16.5. The van der Waals surface area contributed by atoms with Gasteiger partial charge in [0.2, 0.25) is 0 Å². The molecule has 3 heteroatoms. The SMILES string of the molecule is CC1(C#N)CC1.CC1(C)CC1.CC1(O)CC1.CC1CC1.CC1CC1C.CC1CCC1.CC1CCCC1.COC1CC(C)C1. The van der Waals surface area contributed by atoms with E-state index in [0.717, 1.165) is 66.6 Å². The van der Waals surface area contributed by atoms with Gasteiger partial charge in [-0.25, -0.2) is 0 Å². The van der Waals surface area contributed by atoms with Gasteiger partial charge in [-0.2, -0.15) is 5.26 Å². The zero-order valence-corrected chi connectivity index (χ0v) is 31.1. The number of nitriles is 1. The molecule has 0 saturated heterocycles. The third-order valence-electron chi connectivity index (χ3n) is 10.6. The minimum Gasteiger partial charge on any atom is -0.390 e. The first-order chi connectivity index (χ1) is 20.0. The Balaban J connectivity index is 0.000000247. The number of hydrogen-bond donors (Lipinski definition) is 1. The van der Waals surface area contributed by atoms with E-state index in [1.165, 1.54) is 89.9 Å². The lowest BCUT2D eigenvalue weighted by Crippen LogP contribution is -2.27. The molecule has 0 aliphatic heterocycles. The summed E-state index contributed by atoms with van der Waals surface area (Å²) in [6.07, 6.45) is 25.1. The minimum atomic E-state index is -0.250. The van der Waals surface area contributed by atoms with Crippen LogP contribution in [0, 0.1) is 57.7 Å². The molecule has 2 atom stereocenters. The number of hydrogen-bond acceptors (Lipinski definition) is 3. The second-order valence-corrected chi connectivity index (χ2v) is 17.6. The van der Waals surface area contributed by atoms with Crippen LogP contribution in [0.5, 0.6) is 0 Å². The summed E-state index contributed by atoms with van der Waals surface area (Å²) in [7, 11) is 1.79. The Bertz CT molecular complexity index is 705. The summed E-state index contributed by atoms with van der Waals surface area (Å²) in [4.78, 5) is 0. The molecule has 43 heavy (non-hydrogen) atoms. The standard InChI is InChI=1S/C6H12O.C6H12.C5H7N.3C5H10.C4H8O.C4H8/c1-5-3-6(4-5)7-2;1-6-4-2-3-5-6;1-5(4-6)2-3-5;1-5(2)3-4-5;1-4-3-5(4)2;1-5-3-2-4-5;1-4(5)2-3-4;1-4-2-3-4/h5-6H,3-4H2,1-2H3;6H,2-5H2,1H3;2-3H2,1H3;3-4H2,1-2H3;4-5H,3H2,1-2H3;5H,2-4H2,1H3;5H,2-3H2,1H3;4H,2-3H2,1H3. The van der Waals surface area contributed by atoms with Gasteiger partial charge in [0.05, 0.1) is 23.2 Å². The van der Waals surface area contributed by atoms with Crippen molar-refractivity contribution < 1.29 is 9.84 Å². The van der Waals surface area contributed by atoms with E-state index in [4.69, 9.17) is 15.1 Å². The maximum Gasteiger partial charge on any atom is 0.0686 e. The third kappa shape index (κ3) is 26.3. The van der Waals surface area contributed by atoms with Gasteiger partial charge >= 0.3 is 0 Å². The van der Waals surface area contributed by atoms with Crippen molar-refractivity contribution in [3.8, 4) is 6.07 Å². The highest BCUT2D eigenvalue weighted by Crippen LogP contribution is 2.44. The quantitative estimate of drug-likeness (QED) is 0.324. The van der Waals surface area contributed by atoms with Gasteiger partial charge in [0.15, 0.2) is 0 Å². The Morgan fingerprint density at radius 1 is 0.581 bits per heavy atom. The summed E-state index contributed by atoms with van der Waals surface area (Å²) >= 11 is 0. The molecule has 0 radical (unpaired) electrons. The predicted octanol–water partition coefficient (Wildman–Crippen LogP) is 12.2. The Morgan fingerprint density at radius 3 is 0.977 bits per heavy atom. The van der Waals surface area contributed by atoms with Gasteiger partial charge in [-0.15, -0.1) is 0 Å². The summed E-state index contributed by atoms with van der Waals surface area (Å²) in [5.41, 5.74) is 0.597. The molecule has 0 heterocycles. The van der Waals surface area contributed by atoms with E-state index in [-0.39, 0.29) is 11.0 Å². The van der Waals surface area contributed by atoms with Crippen LogP contribution < -0.4 is 0 Å². The topological polar surface area (TPSA) is 53.2 Å². The van der Waals surface area contributed by atoms with E-state index < -0.39 is 0 Å². The third-order valence-corrected chi connectivity index (χ3v) is 10.6. The van der Waals surface area contributed by atoms with Gasteiger partial charge in [0, 0.05) is 7.11 Å². The van der Waals surface area contributed by atoms with Gasteiger partial charge in [-0.3, -0.25) is 0 Å². The molecule has 0 aromatic carbocycles. The van der Waals surface area contributed by atoms with Crippen molar-refractivity contribution in [3.63, 3.8) is 0 Å². The van der Waals surface area contributed by atoms with Gasteiger partial charge in [-0.1, -0.05) is 113 Å². The highest BCUT2D eigenvalue weighted by molar-refractivity contribution is 5.06. The van der Waals surface area contributed by atoms with Crippen LogP contribution in [0.25, 0.3) is 0 Å². The molecular weight excluding hydrogens is 526 g/mol. The molecule has 0 bridgehead atoms. The van der Waals surface area contributed by atoms with Crippen molar-refractivity contribution in [2.75, 3.05) is 7.11 Å². The van der Waals surface area contributed by atoms with Crippen LogP contribution in [0.15, 0.2) is 0 Å². The van der Waals surface area contributed by atoms with Gasteiger partial charge < -0.3 is 9.84 Å². The molecule has 8 saturated carbocycles. The molecule has 8 rings (SSSR count). The molecule has 8 fully saturated rings. The number of ether oxygens (including phenoxy) is 1. The van der Waals surface area contributed by atoms with E-state index in [0.29, 0.717) is 6.10 Å². The summed E-state index contributed by atoms with van der Waals surface area (Å²) in [5.74, 6) is 6.22. The average molecular weight is 604 g/mol. The molecule has 2 unspecified atom stereocenters. The van der Waals surface area contributed by atoms with Crippen molar-refractivity contribution in [1.82, 2.24) is 0 Å². The lowest BCUT2D eigenvalue weighted by molar-refractivity contribution is 0.00751. The van der Waals surface area contributed by atoms with Crippen molar-refractivity contribution >= 4 is 0 Å². The van der Waals surface area contributed by atoms with Crippen molar-refractivity contribution in [3.05, 3.63) is 0 Å². The lowest BCUT2D eigenvalue weighted by atomic mass is 9.84. The first-order valence-corrected chi connectivity index (χ1v) is 18.7. The molecule has 8 aliphatic rings. The van der Waals surface area contributed by atoms with Crippen molar-refractivity contribution in [1.29, 1.82) is 5.26 Å². The van der Waals surface area contributed by atoms with E-state index in [1.807, 2.05) is 13.8 Å². The number of nitrogens with zero attached hydrogens (tertiary/aromatic N) is 1. The monoisotopic (exact) mass is 604 g/mol. The smallest absolute Gasteiger partial charge is 0.0686 e. The number of methoxy groups -OCH3 is 1. The molecule has 3 nitrogen and oxygen atoms in total. The molecule has 0 aromatic rings. The number of aliphatic hydroxyl groups is 1. The van der Waals surface area contributed by atoms with Crippen LogP contribution in [0.3, 0.4) is 0 Å². The molecule has 0 amide bonds. The van der Waals surface area contributed by atoms with Crippen LogP contribution in [0.2, 0.25) is 0 Å². The van der Waals surface area contributed by atoms with Gasteiger partial charge in [0.25, 0.3) is 0 Å². The van der Waals surface area contributed by atoms with E-state index in [2.05, 4.69) is 61.5 Å². The van der Waals surface area contributed by atoms with Crippen LogP contribution in [0.1, 0.15) is 185 Å². The van der Waals surface area contributed by atoms with Crippen LogP contribution in [-0.2, 0) is 4.74 Å². The zero-order chi connectivity index (χ0) is 32.7. The molecule has 254 valence electrons. The van der Waals surface area contributed by atoms with Gasteiger partial charge in [0.1, 0.15) is 0 Å². The first-order valence-electron chi connectivity index (χ1n) is 18.7. The molecule has 0 spiro atoms. The van der Waals surface area contributed by atoms with Crippen molar-refractivity contribution in [2.45, 2.75) is 197 Å². The summed E-state index contributed by atoms with van der Waals surface area (Å²) in [6.45, 7) is 22.2. The predicted molar refractivity (Wildman–Crippen MR) is 187 cm³/mol. The minimum absolute atomic E-state index is 0.0972. The summed E-state index contributed by atoms with van der Waals surface area (Å²) in [6, 6.07) is 2.22. The maximum atomic E-state index is 8.63. The molecule has 1 N–H and O–H groups in total. The molecule has 8 aliphatic carbocycles. The Kier molecular flexibility index (Phi) is 18.6. The van der Waals surface area contributed by atoms with Gasteiger partial charge in [-0.05, 0) is 113 Å². The van der Waals surface area contributed by atoms with Crippen molar-refractivity contribution in [2.24, 2.45) is 46.3 Å². The molecular formula is C40H77NO2.